The van der Waals surface area contributed by atoms with Crippen molar-refractivity contribution < 1.29 is 4.74 Å². The number of ether oxygens (including phenoxy) is 1. The third-order valence-corrected chi connectivity index (χ3v) is 3.92. The molecule has 1 unspecified atom stereocenters. The number of nitrogens with zero attached hydrogens (tertiary/aromatic N) is 3. The van der Waals surface area contributed by atoms with Crippen LogP contribution in [-0.2, 0) is 12.8 Å². The molecule has 1 rings (SSSR count). The minimum absolute atomic E-state index is 0.404. The average Bonchev–Trinajstić information content (AvgIpc) is 2.53. The van der Waals surface area contributed by atoms with E-state index >= 15 is 0 Å². The molecule has 116 valence electrons. The van der Waals surface area contributed by atoms with Crippen molar-refractivity contribution in [2.45, 2.75) is 66.2 Å². The quantitative estimate of drug-likeness (QED) is 0.687. The van der Waals surface area contributed by atoms with Crippen LogP contribution in [0.15, 0.2) is 0 Å². The van der Waals surface area contributed by atoms with E-state index in [4.69, 9.17) is 4.74 Å². The number of aryl methyl sites for hydroxylation is 1. The standard InChI is InChI=1S/C17H27N3O/c1-5-9-10-13(6-2)12-21-17-15(11-18)14(7-3)16(8-4)19-20-17/h13H,5-10,12H2,1-4H3. The van der Waals surface area contributed by atoms with Gasteiger partial charge in [-0.3, -0.25) is 0 Å². The first kappa shape index (κ1) is 17.4. The molecule has 0 N–H and O–H groups in total. The zero-order valence-electron chi connectivity index (χ0n) is 13.8. The summed E-state index contributed by atoms with van der Waals surface area (Å²) >= 11 is 0. The molecule has 0 aliphatic heterocycles. The van der Waals surface area contributed by atoms with Gasteiger partial charge in [-0.2, -0.15) is 10.4 Å². The topological polar surface area (TPSA) is 58.8 Å². The molecule has 0 aliphatic rings. The fourth-order valence-electron chi connectivity index (χ4n) is 2.47. The van der Waals surface area contributed by atoms with Crippen LogP contribution in [0.1, 0.15) is 70.2 Å². The van der Waals surface area contributed by atoms with Gasteiger partial charge in [-0.1, -0.05) is 47.0 Å². The lowest BCUT2D eigenvalue weighted by Gasteiger charge is -2.16. The molecule has 1 heterocycles. The first-order valence-corrected chi connectivity index (χ1v) is 8.12. The molecule has 4 nitrogen and oxygen atoms in total. The van der Waals surface area contributed by atoms with Crippen molar-refractivity contribution in [3.63, 3.8) is 0 Å². The molecular formula is C17H27N3O. The summed E-state index contributed by atoms with van der Waals surface area (Å²) in [4.78, 5) is 0. The largest absolute Gasteiger partial charge is 0.475 e. The van der Waals surface area contributed by atoms with Crippen LogP contribution in [0.2, 0.25) is 0 Å². The molecule has 0 saturated carbocycles. The van der Waals surface area contributed by atoms with E-state index in [9.17, 15) is 5.26 Å². The van der Waals surface area contributed by atoms with Crippen molar-refractivity contribution in [3.8, 4) is 11.9 Å². The molecule has 0 aromatic carbocycles. The first-order chi connectivity index (χ1) is 10.2. The van der Waals surface area contributed by atoms with Gasteiger partial charge >= 0.3 is 0 Å². The summed E-state index contributed by atoms with van der Waals surface area (Å²) in [6.45, 7) is 9.07. The van der Waals surface area contributed by atoms with Crippen molar-refractivity contribution in [1.82, 2.24) is 10.2 Å². The lowest BCUT2D eigenvalue weighted by atomic mass is 10.0. The Kier molecular flexibility index (Phi) is 7.74. The number of aromatic nitrogens is 2. The van der Waals surface area contributed by atoms with Gasteiger partial charge in [-0.25, -0.2) is 0 Å². The molecule has 0 amide bonds. The SMILES string of the molecule is CCCCC(CC)COc1nnc(CC)c(CC)c1C#N. The van der Waals surface area contributed by atoms with Crippen molar-refractivity contribution >= 4 is 0 Å². The molecule has 0 radical (unpaired) electrons. The van der Waals surface area contributed by atoms with Crippen LogP contribution < -0.4 is 4.74 Å². The molecule has 1 aromatic rings. The Morgan fingerprint density at radius 3 is 2.43 bits per heavy atom. The van der Waals surface area contributed by atoms with Gasteiger partial charge < -0.3 is 4.74 Å². The molecule has 0 aliphatic carbocycles. The van der Waals surface area contributed by atoms with E-state index in [0.717, 1.165) is 36.9 Å². The Morgan fingerprint density at radius 1 is 1.14 bits per heavy atom. The van der Waals surface area contributed by atoms with Crippen LogP contribution >= 0.6 is 0 Å². The van der Waals surface area contributed by atoms with Crippen molar-refractivity contribution in [1.29, 1.82) is 5.26 Å². The summed E-state index contributed by atoms with van der Waals surface area (Å²) in [5.74, 6) is 0.927. The number of unbranched alkanes of at least 4 members (excludes halogenated alkanes) is 1. The van der Waals surface area contributed by atoms with Crippen molar-refractivity contribution in [2.75, 3.05) is 6.61 Å². The second kappa shape index (κ2) is 9.33. The minimum Gasteiger partial charge on any atom is -0.475 e. The van der Waals surface area contributed by atoms with Gasteiger partial charge in [0.2, 0.25) is 0 Å². The molecule has 0 saturated heterocycles. The van der Waals surface area contributed by atoms with Crippen LogP contribution in [0, 0.1) is 17.2 Å². The van der Waals surface area contributed by atoms with E-state index in [-0.39, 0.29) is 0 Å². The minimum atomic E-state index is 0.404. The third-order valence-electron chi connectivity index (χ3n) is 3.92. The van der Waals surface area contributed by atoms with Crippen LogP contribution in [0.3, 0.4) is 0 Å². The van der Waals surface area contributed by atoms with Gasteiger partial charge in [0, 0.05) is 0 Å². The highest BCUT2D eigenvalue weighted by Crippen LogP contribution is 2.23. The van der Waals surface area contributed by atoms with E-state index in [1.54, 1.807) is 0 Å². The van der Waals surface area contributed by atoms with Gasteiger partial charge in [0.1, 0.15) is 11.6 Å². The monoisotopic (exact) mass is 289 g/mol. The maximum atomic E-state index is 9.42. The second-order valence-electron chi connectivity index (χ2n) is 5.35. The average molecular weight is 289 g/mol. The highest BCUT2D eigenvalue weighted by Gasteiger charge is 2.16. The zero-order chi connectivity index (χ0) is 15.7. The Balaban J connectivity index is 2.86. The number of nitriles is 1. The van der Waals surface area contributed by atoms with Gasteiger partial charge in [0.05, 0.1) is 12.3 Å². The summed E-state index contributed by atoms with van der Waals surface area (Å²) in [6, 6.07) is 2.25. The predicted molar refractivity (Wildman–Crippen MR) is 84.3 cm³/mol. The Morgan fingerprint density at radius 2 is 1.90 bits per heavy atom. The van der Waals surface area contributed by atoms with Crippen molar-refractivity contribution in [2.24, 2.45) is 5.92 Å². The summed E-state index contributed by atoms with van der Waals surface area (Å²) in [5, 5.41) is 17.8. The molecule has 0 spiro atoms. The van der Waals surface area contributed by atoms with E-state index in [0.29, 0.717) is 24.0 Å². The molecule has 21 heavy (non-hydrogen) atoms. The predicted octanol–water partition coefficient (Wildman–Crippen LogP) is 4.07. The Labute approximate surface area is 128 Å². The van der Waals surface area contributed by atoms with E-state index in [1.807, 2.05) is 13.8 Å². The second-order valence-corrected chi connectivity index (χ2v) is 5.35. The van der Waals surface area contributed by atoms with E-state index < -0.39 is 0 Å². The number of hydrogen-bond donors (Lipinski definition) is 0. The highest BCUT2D eigenvalue weighted by molar-refractivity contribution is 5.46. The summed E-state index contributed by atoms with van der Waals surface area (Å²) in [6.07, 6.45) is 6.24. The lowest BCUT2D eigenvalue weighted by molar-refractivity contribution is 0.223. The van der Waals surface area contributed by atoms with Crippen LogP contribution in [0.4, 0.5) is 0 Å². The maximum absolute atomic E-state index is 9.42. The Hall–Kier alpha value is -1.63. The fourth-order valence-corrected chi connectivity index (χ4v) is 2.47. The summed E-state index contributed by atoms with van der Waals surface area (Å²) in [5.41, 5.74) is 2.45. The van der Waals surface area contributed by atoms with Gasteiger partial charge in [0.15, 0.2) is 0 Å². The number of hydrogen-bond acceptors (Lipinski definition) is 4. The normalized spacial score (nSPS) is 12.0. The molecule has 1 aromatic heterocycles. The molecule has 0 bridgehead atoms. The van der Waals surface area contributed by atoms with Gasteiger partial charge in [-0.05, 0) is 30.7 Å². The Bertz CT molecular complexity index is 480. The van der Waals surface area contributed by atoms with Gasteiger partial charge in [0.25, 0.3) is 5.88 Å². The molecule has 4 heteroatoms. The first-order valence-electron chi connectivity index (χ1n) is 8.12. The lowest BCUT2D eigenvalue weighted by Crippen LogP contribution is -2.14. The summed E-state index contributed by atoms with van der Waals surface area (Å²) < 4.78 is 5.82. The van der Waals surface area contributed by atoms with E-state index in [1.165, 1.54) is 12.8 Å². The zero-order valence-corrected chi connectivity index (χ0v) is 13.8. The van der Waals surface area contributed by atoms with Gasteiger partial charge in [-0.15, -0.1) is 5.10 Å². The van der Waals surface area contributed by atoms with Crippen LogP contribution in [0.5, 0.6) is 5.88 Å². The molecule has 1 atom stereocenters. The maximum Gasteiger partial charge on any atom is 0.251 e. The van der Waals surface area contributed by atoms with Crippen LogP contribution in [-0.4, -0.2) is 16.8 Å². The van der Waals surface area contributed by atoms with Crippen molar-refractivity contribution in [3.05, 3.63) is 16.8 Å². The number of rotatable bonds is 9. The highest BCUT2D eigenvalue weighted by atomic mass is 16.5. The molecule has 0 fully saturated rings. The smallest absolute Gasteiger partial charge is 0.251 e. The van der Waals surface area contributed by atoms with E-state index in [2.05, 4.69) is 30.1 Å². The summed E-state index contributed by atoms with van der Waals surface area (Å²) in [7, 11) is 0. The molecular weight excluding hydrogens is 262 g/mol. The van der Waals surface area contributed by atoms with Crippen LogP contribution in [0.25, 0.3) is 0 Å². The third kappa shape index (κ3) is 4.70. The fraction of sp³-hybridized carbons (Fsp3) is 0.706.